The number of hydrogen-bond donors (Lipinski definition) is 1. The van der Waals surface area contributed by atoms with Gasteiger partial charge in [0.1, 0.15) is 0 Å². The van der Waals surface area contributed by atoms with E-state index in [9.17, 15) is 4.39 Å². The first kappa shape index (κ1) is 16.2. The molecule has 1 saturated heterocycles. The molecule has 0 saturated carbocycles. The summed E-state index contributed by atoms with van der Waals surface area (Å²) in [6.45, 7) is 7.22. The van der Waals surface area contributed by atoms with E-state index in [0.29, 0.717) is 24.9 Å². The highest BCUT2D eigenvalue weighted by Gasteiger charge is 2.29. The fourth-order valence-corrected chi connectivity index (χ4v) is 3.40. The lowest BCUT2D eigenvalue weighted by Gasteiger charge is -2.39. The van der Waals surface area contributed by atoms with Gasteiger partial charge in [-0.15, -0.1) is 0 Å². The maximum Gasteiger partial charge on any atom is 0.165 e. The lowest BCUT2D eigenvalue weighted by Crippen LogP contribution is -2.45. The maximum atomic E-state index is 14.1. The molecular formula is C17H27FN2O. The average molecular weight is 294 g/mol. The number of benzene rings is 1. The number of nitrogens with zero attached hydrogens (tertiary/aromatic N) is 1. The van der Waals surface area contributed by atoms with Crippen LogP contribution >= 0.6 is 0 Å². The molecule has 2 unspecified atom stereocenters. The zero-order valence-corrected chi connectivity index (χ0v) is 13.1. The van der Waals surface area contributed by atoms with Crippen LogP contribution in [0.1, 0.15) is 44.6 Å². The third-order valence-electron chi connectivity index (χ3n) is 4.47. The largest absolute Gasteiger partial charge is 0.491 e. The van der Waals surface area contributed by atoms with E-state index in [1.54, 1.807) is 12.1 Å². The van der Waals surface area contributed by atoms with Gasteiger partial charge < -0.3 is 15.4 Å². The first-order valence-electron chi connectivity index (χ1n) is 8.07. The minimum absolute atomic E-state index is 0.190. The molecule has 2 atom stereocenters. The molecule has 118 valence electrons. The van der Waals surface area contributed by atoms with Gasteiger partial charge in [0, 0.05) is 18.5 Å². The van der Waals surface area contributed by atoms with Gasteiger partial charge in [-0.2, -0.15) is 0 Å². The van der Waals surface area contributed by atoms with E-state index in [4.69, 9.17) is 10.5 Å². The van der Waals surface area contributed by atoms with E-state index in [-0.39, 0.29) is 11.7 Å². The summed E-state index contributed by atoms with van der Waals surface area (Å²) < 4.78 is 19.4. The minimum atomic E-state index is -0.286. The number of hydrogen-bond acceptors (Lipinski definition) is 3. The second-order valence-electron chi connectivity index (χ2n) is 5.66. The van der Waals surface area contributed by atoms with E-state index < -0.39 is 0 Å². The summed E-state index contributed by atoms with van der Waals surface area (Å²) in [5.74, 6) is 0.232. The molecule has 1 aromatic rings. The van der Waals surface area contributed by atoms with Gasteiger partial charge in [-0.1, -0.05) is 19.4 Å². The fourth-order valence-electron chi connectivity index (χ4n) is 3.40. The highest BCUT2D eigenvalue weighted by Crippen LogP contribution is 2.31. The smallest absolute Gasteiger partial charge is 0.165 e. The molecule has 0 radical (unpaired) electrons. The third kappa shape index (κ3) is 3.74. The quantitative estimate of drug-likeness (QED) is 0.876. The SMILES string of the molecule is CCOc1ccc(C(CN)C2CCCCN2CC)cc1F. The Balaban J connectivity index is 2.21. The van der Waals surface area contributed by atoms with Crippen molar-refractivity contribution in [2.24, 2.45) is 5.73 Å². The molecule has 0 bridgehead atoms. The average Bonchev–Trinajstić information content (AvgIpc) is 2.51. The zero-order valence-electron chi connectivity index (χ0n) is 13.1. The Labute approximate surface area is 127 Å². The van der Waals surface area contributed by atoms with Crippen LogP contribution in [0.15, 0.2) is 18.2 Å². The summed E-state index contributed by atoms with van der Waals surface area (Å²) in [6, 6.07) is 5.72. The van der Waals surface area contributed by atoms with Crippen LogP contribution in [-0.4, -0.2) is 37.2 Å². The van der Waals surface area contributed by atoms with Crippen LogP contribution in [0.4, 0.5) is 4.39 Å². The van der Waals surface area contributed by atoms with Crippen molar-refractivity contribution < 1.29 is 9.13 Å². The van der Waals surface area contributed by atoms with Crippen LogP contribution in [0.5, 0.6) is 5.75 Å². The van der Waals surface area contributed by atoms with Crippen molar-refractivity contribution in [2.45, 2.75) is 45.1 Å². The Morgan fingerprint density at radius 1 is 1.38 bits per heavy atom. The molecule has 2 N–H and O–H groups in total. The molecule has 4 heteroatoms. The van der Waals surface area contributed by atoms with Crippen molar-refractivity contribution in [3.05, 3.63) is 29.6 Å². The van der Waals surface area contributed by atoms with Gasteiger partial charge in [-0.3, -0.25) is 0 Å². The number of nitrogens with two attached hydrogens (primary N) is 1. The van der Waals surface area contributed by atoms with Crippen LogP contribution in [-0.2, 0) is 0 Å². The van der Waals surface area contributed by atoms with Crippen LogP contribution in [0.2, 0.25) is 0 Å². The Bertz CT molecular complexity index is 452. The van der Waals surface area contributed by atoms with Gasteiger partial charge in [-0.25, -0.2) is 4.39 Å². The second-order valence-corrected chi connectivity index (χ2v) is 5.66. The molecule has 0 aromatic heterocycles. The summed E-state index contributed by atoms with van der Waals surface area (Å²) in [5.41, 5.74) is 7.01. The molecular weight excluding hydrogens is 267 g/mol. The van der Waals surface area contributed by atoms with E-state index in [2.05, 4.69) is 11.8 Å². The first-order chi connectivity index (χ1) is 10.2. The van der Waals surface area contributed by atoms with Crippen molar-refractivity contribution in [1.82, 2.24) is 4.90 Å². The van der Waals surface area contributed by atoms with Crippen molar-refractivity contribution in [3.8, 4) is 5.75 Å². The predicted octanol–water partition coefficient (Wildman–Crippen LogP) is 3.14. The van der Waals surface area contributed by atoms with Crippen molar-refractivity contribution in [2.75, 3.05) is 26.2 Å². The summed E-state index contributed by atoms with van der Waals surface area (Å²) >= 11 is 0. The van der Waals surface area contributed by atoms with E-state index in [0.717, 1.165) is 25.1 Å². The number of ether oxygens (including phenoxy) is 1. The van der Waals surface area contributed by atoms with E-state index in [1.807, 2.05) is 13.0 Å². The summed E-state index contributed by atoms with van der Waals surface area (Å²) in [6.07, 6.45) is 3.63. The van der Waals surface area contributed by atoms with Gasteiger partial charge in [0.15, 0.2) is 11.6 Å². The molecule has 3 nitrogen and oxygen atoms in total. The Kier molecular flexibility index (Phi) is 6.00. The number of halogens is 1. The predicted molar refractivity (Wildman–Crippen MR) is 84.3 cm³/mol. The number of piperidine rings is 1. The van der Waals surface area contributed by atoms with Gasteiger partial charge in [0.25, 0.3) is 0 Å². The highest BCUT2D eigenvalue weighted by molar-refractivity contribution is 5.32. The van der Waals surface area contributed by atoms with E-state index >= 15 is 0 Å². The zero-order chi connectivity index (χ0) is 15.2. The molecule has 1 aliphatic rings. The topological polar surface area (TPSA) is 38.5 Å². The molecule has 1 fully saturated rings. The van der Waals surface area contributed by atoms with E-state index in [1.165, 1.54) is 12.8 Å². The maximum absolute atomic E-state index is 14.1. The Hall–Kier alpha value is -1.13. The van der Waals surface area contributed by atoms with Gasteiger partial charge in [-0.05, 0) is 50.6 Å². The van der Waals surface area contributed by atoms with Gasteiger partial charge in [0.05, 0.1) is 6.61 Å². The molecule has 2 rings (SSSR count). The molecule has 0 spiro atoms. The molecule has 21 heavy (non-hydrogen) atoms. The first-order valence-corrected chi connectivity index (χ1v) is 8.07. The number of rotatable bonds is 6. The van der Waals surface area contributed by atoms with Gasteiger partial charge in [0.2, 0.25) is 0 Å². The Morgan fingerprint density at radius 2 is 2.19 bits per heavy atom. The van der Waals surface area contributed by atoms with Crippen molar-refractivity contribution in [1.29, 1.82) is 0 Å². The minimum Gasteiger partial charge on any atom is -0.491 e. The lowest BCUT2D eigenvalue weighted by molar-refractivity contribution is 0.133. The number of likely N-dealkylation sites (tertiary alicyclic amines) is 1. The van der Waals surface area contributed by atoms with Crippen LogP contribution in [0, 0.1) is 5.82 Å². The van der Waals surface area contributed by atoms with Crippen LogP contribution in [0.3, 0.4) is 0 Å². The second kappa shape index (κ2) is 7.76. The molecule has 0 aliphatic carbocycles. The van der Waals surface area contributed by atoms with Crippen LogP contribution < -0.4 is 10.5 Å². The summed E-state index contributed by atoms with van der Waals surface area (Å²) in [4.78, 5) is 2.48. The normalized spacial score (nSPS) is 21.2. The fraction of sp³-hybridized carbons (Fsp3) is 0.647. The molecule has 1 aliphatic heterocycles. The molecule has 1 aromatic carbocycles. The number of likely N-dealkylation sites (N-methyl/N-ethyl adjacent to an activating group) is 1. The van der Waals surface area contributed by atoms with Crippen molar-refractivity contribution >= 4 is 0 Å². The molecule has 0 amide bonds. The summed E-state index contributed by atoms with van der Waals surface area (Å²) in [7, 11) is 0. The van der Waals surface area contributed by atoms with Crippen molar-refractivity contribution in [3.63, 3.8) is 0 Å². The van der Waals surface area contributed by atoms with Gasteiger partial charge >= 0.3 is 0 Å². The monoisotopic (exact) mass is 294 g/mol. The standard InChI is InChI=1S/C17H27FN2O/c1-3-20-10-6-5-7-16(20)14(12-19)13-8-9-17(21-4-2)15(18)11-13/h8-9,11,14,16H,3-7,10,12,19H2,1-2H3. The highest BCUT2D eigenvalue weighted by atomic mass is 19.1. The summed E-state index contributed by atoms with van der Waals surface area (Å²) in [5, 5.41) is 0. The molecule has 1 heterocycles. The lowest BCUT2D eigenvalue weighted by atomic mass is 9.85. The third-order valence-corrected chi connectivity index (χ3v) is 4.47. The Morgan fingerprint density at radius 3 is 2.81 bits per heavy atom. The van der Waals surface area contributed by atoms with Crippen LogP contribution in [0.25, 0.3) is 0 Å².